The maximum absolute atomic E-state index is 12.1. The fourth-order valence-electron chi connectivity index (χ4n) is 4.41. The highest BCUT2D eigenvalue weighted by atomic mass is 16.5. The number of benzene rings is 1. The van der Waals surface area contributed by atoms with E-state index in [9.17, 15) is 9.90 Å². The van der Waals surface area contributed by atoms with Crippen LogP contribution in [0.15, 0.2) is 24.3 Å². The Hall–Kier alpha value is -1.59. The Morgan fingerprint density at radius 3 is 2.65 bits per heavy atom. The molecule has 2 heterocycles. The monoisotopic (exact) mass is 360 g/mol. The summed E-state index contributed by atoms with van der Waals surface area (Å²) in [6, 6.07) is 8.41. The Kier molecular flexibility index (Phi) is 6.20. The van der Waals surface area contributed by atoms with Crippen LogP contribution < -0.4 is 4.74 Å². The highest BCUT2D eigenvalue weighted by molar-refractivity contribution is 5.77. The molecule has 1 aromatic carbocycles. The predicted molar refractivity (Wildman–Crippen MR) is 102 cm³/mol. The minimum atomic E-state index is 0.0519. The van der Waals surface area contributed by atoms with Crippen molar-refractivity contribution >= 4 is 5.91 Å². The lowest BCUT2D eigenvalue weighted by molar-refractivity contribution is -0.140. The first-order valence-corrected chi connectivity index (χ1v) is 9.86. The average Bonchev–Trinajstić information content (AvgIpc) is 2.60. The number of ether oxygens (including phenoxy) is 1. The molecule has 0 saturated carbocycles. The number of likely N-dealkylation sites (tertiary alicyclic amines) is 2. The molecule has 5 nitrogen and oxygen atoms in total. The van der Waals surface area contributed by atoms with E-state index in [0.29, 0.717) is 13.0 Å². The van der Waals surface area contributed by atoms with E-state index in [1.54, 1.807) is 0 Å². The minimum absolute atomic E-state index is 0.0519. The van der Waals surface area contributed by atoms with Gasteiger partial charge in [0.1, 0.15) is 5.75 Å². The summed E-state index contributed by atoms with van der Waals surface area (Å²) in [5.41, 5.74) is 1.50. The van der Waals surface area contributed by atoms with Crippen LogP contribution in [0.3, 0.4) is 0 Å². The number of hydrogen-bond donors (Lipinski definition) is 1. The molecule has 1 N–H and O–H groups in total. The second kappa shape index (κ2) is 8.40. The summed E-state index contributed by atoms with van der Waals surface area (Å²) in [4.78, 5) is 16.5. The van der Waals surface area contributed by atoms with Crippen LogP contribution in [0.1, 0.15) is 45.1 Å². The summed E-state index contributed by atoms with van der Waals surface area (Å²) in [7, 11) is 0. The molecule has 2 fully saturated rings. The summed E-state index contributed by atoms with van der Waals surface area (Å²) in [6.45, 7) is 8.48. The quantitative estimate of drug-likeness (QED) is 0.847. The van der Waals surface area contributed by atoms with Crippen molar-refractivity contribution in [3.8, 4) is 5.75 Å². The lowest BCUT2D eigenvalue weighted by atomic mass is 9.73. The van der Waals surface area contributed by atoms with Crippen LogP contribution in [0.4, 0.5) is 0 Å². The fraction of sp³-hybridized carbons (Fsp3) is 0.667. The van der Waals surface area contributed by atoms with E-state index in [4.69, 9.17) is 4.74 Å². The standard InChI is InChI=1S/C21H32N2O3/c1-17(2)26-19-6-4-18(5-7-19)14-22-11-3-9-21(15-22)10-8-20(25)23(16-21)12-13-24/h4-7,17,24H,3,8-16H2,1-2H3/t21-/m1/s1. The smallest absolute Gasteiger partial charge is 0.222 e. The van der Waals surface area contributed by atoms with Gasteiger partial charge in [-0.25, -0.2) is 0 Å². The Balaban J connectivity index is 1.60. The molecular formula is C21H32N2O3. The van der Waals surface area contributed by atoms with Gasteiger partial charge in [-0.15, -0.1) is 0 Å². The lowest BCUT2D eigenvalue weighted by Crippen LogP contribution is -2.54. The minimum Gasteiger partial charge on any atom is -0.491 e. The second-order valence-electron chi connectivity index (χ2n) is 8.16. The average molecular weight is 360 g/mol. The van der Waals surface area contributed by atoms with Crippen LogP contribution in [0.25, 0.3) is 0 Å². The highest BCUT2D eigenvalue weighted by Crippen LogP contribution is 2.39. The second-order valence-corrected chi connectivity index (χ2v) is 8.16. The van der Waals surface area contributed by atoms with Crippen LogP contribution in [-0.2, 0) is 11.3 Å². The van der Waals surface area contributed by atoms with Crippen molar-refractivity contribution in [2.75, 3.05) is 32.8 Å². The third-order valence-corrected chi connectivity index (χ3v) is 5.56. The number of amides is 1. The van der Waals surface area contributed by atoms with Crippen molar-refractivity contribution in [1.82, 2.24) is 9.80 Å². The first kappa shape index (κ1) is 19.2. The van der Waals surface area contributed by atoms with Gasteiger partial charge < -0.3 is 14.7 Å². The number of carbonyl (C=O) groups excluding carboxylic acids is 1. The highest BCUT2D eigenvalue weighted by Gasteiger charge is 2.41. The predicted octanol–water partition coefficient (Wildman–Crippen LogP) is 2.67. The summed E-state index contributed by atoms with van der Waals surface area (Å²) < 4.78 is 5.72. The van der Waals surface area contributed by atoms with Crippen molar-refractivity contribution in [2.24, 2.45) is 5.41 Å². The number of β-amino-alcohol motifs (C(OH)–C–C–N with tert-alkyl or cyclic N) is 1. The SMILES string of the molecule is CC(C)Oc1ccc(CN2CCC[C@@]3(CCC(=O)N(CCO)C3)C2)cc1. The van der Waals surface area contributed by atoms with Crippen molar-refractivity contribution in [2.45, 2.75) is 52.2 Å². The maximum atomic E-state index is 12.1. The van der Waals surface area contributed by atoms with E-state index in [0.717, 1.165) is 38.3 Å². The Morgan fingerprint density at radius 1 is 1.19 bits per heavy atom. The van der Waals surface area contributed by atoms with Gasteiger partial charge in [0, 0.05) is 38.0 Å². The molecule has 1 amide bonds. The van der Waals surface area contributed by atoms with E-state index in [2.05, 4.69) is 29.2 Å². The van der Waals surface area contributed by atoms with E-state index < -0.39 is 0 Å². The van der Waals surface area contributed by atoms with E-state index in [1.807, 2.05) is 18.7 Å². The zero-order chi connectivity index (χ0) is 18.6. The van der Waals surface area contributed by atoms with Crippen LogP contribution in [0, 0.1) is 5.41 Å². The van der Waals surface area contributed by atoms with Crippen LogP contribution in [0.2, 0.25) is 0 Å². The first-order chi connectivity index (χ1) is 12.5. The van der Waals surface area contributed by atoms with Gasteiger partial charge in [0.05, 0.1) is 12.7 Å². The zero-order valence-corrected chi connectivity index (χ0v) is 16.1. The Bertz CT molecular complexity index is 602. The topological polar surface area (TPSA) is 53.0 Å². The van der Waals surface area contributed by atoms with E-state index >= 15 is 0 Å². The van der Waals surface area contributed by atoms with Crippen molar-refractivity contribution in [3.63, 3.8) is 0 Å². The maximum Gasteiger partial charge on any atom is 0.222 e. The largest absolute Gasteiger partial charge is 0.491 e. The Labute approximate surface area is 156 Å². The molecule has 2 aliphatic rings. The van der Waals surface area contributed by atoms with Gasteiger partial charge in [-0.3, -0.25) is 9.69 Å². The van der Waals surface area contributed by atoms with Gasteiger partial charge >= 0.3 is 0 Å². The number of hydrogen-bond acceptors (Lipinski definition) is 4. The molecule has 1 aromatic rings. The molecule has 0 unspecified atom stereocenters. The summed E-state index contributed by atoms with van der Waals surface area (Å²) in [5, 5.41) is 9.23. The first-order valence-electron chi connectivity index (χ1n) is 9.86. The van der Waals surface area contributed by atoms with E-state index in [-0.39, 0.29) is 24.0 Å². The molecule has 3 rings (SSSR count). The molecule has 2 saturated heterocycles. The number of aliphatic hydroxyl groups is 1. The molecule has 2 aliphatic heterocycles. The molecule has 5 heteroatoms. The van der Waals surface area contributed by atoms with Crippen LogP contribution in [-0.4, -0.2) is 59.7 Å². The van der Waals surface area contributed by atoms with Crippen molar-refractivity contribution in [1.29, 1.82) is 0 Å². The molecule has 26 heavy (non-hydrogen) atoms. The van der Waals surface area contributed by atoms with Gasteiger partial charge in [0.2, 0.25) is 5.91 Å². The van der Waals surface area contributed by atoms with Gasteiger partial charge in [-0.05, 0) is 57.4 Å². The third-order valence-electron chi connectivity index (χ3n) is 5.56. The summed E-state index contributed by atoms with van der Waals surface area (Å²) in [5.74, 6) is 1.12. The third kappa shape index (κ3) is 4.77. The summed E-state index contributed by atoms with van der Waals surface area (Å²) >= 11 is 0. The number of carbonyl (C=O) groups is 1. The van der Waals surface area contributed by atoms with Crippen molar-refractivity contribution in [3.05, 3.63) is 29.8 Å². The van der Waals surface area contributed by atoms with Gasteiger partial charge in [-0.2, -0.15) is 0 Å². The fourth-order valence-corrected chi connectivity index (χ4v) is 4.41. The molecular weight excluding hydrogens is 328 g/mol. The zero-order valence-electron chi connectivity index (χ0n) is 16.1. The van der Waals surface area contributed by atoms with Gasteiger partial charge in [-0.1, -0.05) is 12.1 Å². The van der Waals surface area contributed by atoms with Crippen LogP contribution in [0.5, 0.6) is 5.75 Å². The van der Waals surface area contributed by atoms with Crippen LogP contribution >= 0.6 is 0 Å². The lowest BCUT2D eigenvalue weighted by Gasteiger charge is -2.48. The molecule has 0 aromatic heterocycles. The molecule has 0 aliphatic carbocycles. The molecule has 1 atom stereocenters. The molecule has 144 valence electrons. The molecule has 1 spiro atoms. The molecule has 0 bridgehead atoms. The van der Waals surface area contributed by atoms with E-state index in [1.165, 1.54) is 18.4 Å². The van der Waals surface area contributed by atoms with Gasteiger partial charge in [0.25, 0.3) is 0 Å². The Morgan fingerprint density at radius 2 is 1.96 bits per heavy atom. The number of nitrogens with zero attached hydrogens (tertiary/aromatic N) is 2. The summed E-state index contributed by atoms with van der Waals surface area (Å²) in [6.07, 6.45) is 4.15. The van der Waals surface area contributed by atoms with Crippen molar-refractivity contribution < 1.29 is 14.6 Å². The number of rotatable bonds is 6. The number of aliphatic hydroxyl groups excluding tert-OH is 1. The normalized spacial score (nSPS) is 24.5. The number of piperidine rings is 2. The molecule has 0 radical (unpaired) electrons. The van der Waals surface area contributed by atoms with Gasteiger partial charge in [0.15, 0.2) is 0 Å².